The molecule has 0 N–H and O–H groups in total. The summed E-state index contributed by atoms with van der Waals surface area (Å²) < 4.78 is 0. The highest BCUT2D eigenvalue weighted by atomic mass is 15.2. The van der Waals surface area contributed by atoms with E-state index in [9.17, 15) is 0 Å². The average Bonchev–Trinajstić information content (AvgIpc) is 1.57. The minimum Gasteiger partial charge on any atom is -0.311 e. The fourth-order valence-electron chi connectivity index (χ4n) is 19.3. The summed E-state index contributed by atoms with van der Waals surface area (Å²) in [5.74, 6) is 0. The lowest BCUT2D eigenvalue weighted by atomic mass is 9.70. The van der Waals surface area contributed by atoms with Gasteiger partial charge in [-0.25, -0.2) is 0 Å². The maximum absolute atomic E-state index is 2.58. The van der Waals surface area contributed by atoms with Crippen LogP contribution in [-0.4, -0.2) is 0 Å². The van der Waals surface area contributed by atoms with Crippen LogP contribution in [-0.2, 0) is 23.7 Å². The Balaban J connectivity index is 0.000000178. The van der Waals surface area contributed by atoms with Crippen LogP contribution in [0.25, 0.3) is 66.8 Å². The summed E-state index contributed by atoms with van der Waals surface area (Å²) in [6.45, 7) is 13.7. The third kappa shape index (κ3) is 17.2. The number of hydrogen-bond donors (Lipinski definition) is 0. The Hall–Kier alpha value is -11.5. The van der Waals surface area contributed by atoms with Gasteiger partial charge in [0.1, 0.15) is 0 Å². The van der Waals surface area contributed by atoms with Crippen molar-refractivity contribution in [3.05, 3.63) is 378 Å². The third-order valence-corrected chi connectivity index (χ3v) is 25.7. The van der Waals surface area contributed by atoms with Gasteiger partial charge in [-0.05, 0) is 280 Å². The maximum atomic E-state index is 2.58. The molecule has 0 spiro atoms. The van der Waals surface area contributed by atoms with Gasteiger partial charge in [0, 0.05) is 62.0 Å². The smallest absolute Gasteiger partial charge is 0.0467 e. The Bertz CT molecular complexity index is 5520. The average molecular weight is 1530 g/mol. The van der Waals surface area contributed by atoms with E-state index in [0.717, 1.165) is 39.8 Å². The zero-order valence-electron chi connectivity index (χ0n) is 70.2. The topological polar surface area (TPSA) is 9.72 Å². The van der Waals surface area contributed by atoms with Crippen LogP contribution in [0.1, 0.15) is 201 Å². The fourth-order valence-corrected chi connectivity index (χ4v) is 19.3. The number of rotatable bonds is 33. The van der Waals surface area contributed by atoms with Crippen molar-refractivity contribution in [1.82, 2.24) is 0 Å². The van der Waals surface area contributed by atoms with Gasteiger partial charge >= 0.3 is 0 Å². The molecule has 0 fully saturated rings. The van der Waals surface area contributed by atoms with Crippen molar-refractivity contribution in [2.45, 2.75) is 194 Å². The van der Waals surface area contributed by atoms with Gasteiger partial charge in [0.25, 0.3) is 0 Å². The second-order valence-corrected chi connectivity index (χ2v) is 33.6. The van der Waals surface area contributed by atoms with E-state index in [-0.39, 0.29) is 10.8 Å². The fraction of sp³-hybridized carbons (Fsp3) is 0.263. The number of benzene rings is 14. The monoisotopic (exact) mass is 1530 g/mol. The van der Waals surface area contributed by atoms with Crippen LogP contribution in [0.4, 0.5) is 51.2 Å². The van der Waals surface area contributed by atoms with Gasteiger partial charge in [-0.15, -0.1) is 0 Å². The Labute approximate surface area is 699 Å². The lowest BCUT2D eigenvalue weighted by molar-refractivity contribution is 0.401. The standard InChI is InChI=1S/C62H62N2.C52H55N/c1-4-6-8-19-43-62(44-20-9-7-5-2)60-45-50(48-29-37-56(38-30-48)63(52-21-13-10-14-22-52)53-23-15-11-16-24-53)33-41-58(60)59-42-34-51(46-61(59)62)49-31-39-57(40-32-49)64(54-25-17-12-18-26-54)55-35-27-47(3)28-36-55;1-4-6-8-13-32-52(33-14-9-7-5-2)50-34-38(3)20-30-48(50)49-31-27-44(37-51(49)52)40-25-28-46(29-26-40)53(45-17-11-10-12-18-45)47-19-15-16-41(36-47)43-24-22-39-21-23-42(39)35-43/h10-18,21-42,45-46H,4-9,19-20,43-44H2,1-3H3;10-12,15-20,22,24-31,34-37H,4-9,13-14,21,23,32-33H2,1-3H3. The molecule has 3 aliphatic rings. The molecule has 0 unspecified atom stereocenters. The first kappa shape index (κ1) is 79.3. The highest BCUT2D eigenvalue weighted by molar-refractivity contribution is 5.90. The molecule has 0 aromatic heterocycles. The molecule has 3 heteroatoms. The normalized spacial score (nSPS) is 12.9. The number of para-hydroxylation sites is 4. The minimum absolute atomic E-state index is 0.0367. The number of nitrogens with zero attached hydrogens (tertiary/aromatic N) is 3. The zero-order valence-corrected chi connectivity index (χ0v) is 70.2. The number of fused-ring (bicyclic) bond motifs is 7. The second-order valence-electron chi connectivity index (χ2n) is 33.6. The molecule has 0 saturated heterocycles. The van der Waals surface area contributed by atoms with E-state index in [0.29, 0.717) is 0 Å². The molecule has 588 valence electrons. The predicted octanol–water partition coefficient (Wildman–Crippen LogP) is 33.6. The molecule has 0 heterocycles. The van der Waals surface area contributed by atoms with E-state index in [2.05, 4.69) is 390 Å². The molecule has 14 aromatic rings. The van der Waals surface area contributed by atoms with Gasteiger partial charge in [0.05, 0.1) is 0 Å². The summed E-state index contributed by atoms with van der Waals surface area (Å²) in [4.78, 5) is 7.09. The van der Waals surface area contributed by atoms with Gasteiger partial charge in [0.2, 0.25) is 0 Å². The number of anilines is 9. The van der Waals surface area contributed by atoms with E-state index in [1.165, 1.54) is 253 Å². The SMILES string of the molecule is CCCCCCC1(CCCCCC)c2cc(-c3ccc(N(c4ccccc4)c4ccccc4)cc3)ccc2-c2ccc(-c3ccc(N(c4ccccc4)c4ccc(C)cc4)cc3)cc21.CCCCCCC1(CCCCCC)c2cc(C)ccc2-c2ccc(-c3ccc(N(c4ccccc4)c4cccc(-c5ccc6c(c5)CC6)c4)cc3)cc21. The van der Waals surface area contributed by atoms with Crippen LogP contribution >= 0.6 is 0 Å². The number of aryl methyl sites for hydroxylation is 4. The first-order valence-electron chi connectivity index (χ1n) is 44.4. The Morgan fingerprint density at radius 2 is 0.479 bits per heavy atom. The molecule has 0 amide bonds. The van der Waals surface area contributed by atoms with Gasteiger partial charge in [-0.1, -0.05) is 348 Å². The van der Waals surface area contributed by atoms with E-state index >= 15 is 0 Å². The van der Waals surface area contributed by atoms with Crippen molar-refractivity contribution in [1.29, 1.82) is 0 Å². The predicted molar refractivity (Wildman–Crippen MR) is 503 cm³/mol. The molecule has 3 nitrogen and oxygen atoms in total. The lowest BCUT2D eigenvalue weighted by Gasteiger charge is -2.33. The van der Waals surface area contributed by atoms with Crippen LogP contribution in [0, 0.1) is 13.8 Å². The highest BCUT2D eigenvalue weighted by Gasteiger charge is 2.44. The minimum atomic E-state index is -0.0367. The van der Waals surface area contributed by atoms with E-state index < -0.39 is 0 Å². The van der Waals surface area contributed by atoms with Crippen LogP contribution in [0.3, 0.4) is 0 Å². The van der Waals surface area contributed by atoms with E-state index in [1.807, 2.05) is 0 Å². The first-order chi connectivity index (χ1) is 57.6. The molecule has 0 saturated carbocycles. The highest BCUT2D eigenvalue weighted by Crippen LogP contribution is 2.58. The Morgan fingerprint density at radius 3 is 0.821 bits per heavy atom. The van der Waals surface area contributed by atoms with Crippen LogP contribution in [0.5, 0.6) is 0 Å². The van der Waals surface area contributed by atoms with Crippen molar-refractivity contribution in [2.24, 2.45) is 0 Å². The van der Waals surface area contributed by atoms with E-state index in [4.69, 9.17) is 0 Å². The molecular formula is C114H117N3. The van der Waals surface area contributed by atoms with Crippen LogP contribution in [0.15, 0.2) is 334 Å². The summed E-state index contributed by atoms with van der Waals surface area (Å²) in [5, 5.41) is 0. The first-order valence-corrected chi connectivity index (χ1v) is 44.4. The van der Waals surface area contributed by atoms with Crippen molar-refractivity contribution >= 4 is 51.2 Å². The van der Waals surface area contributed by atoms with Gasteiger partial charge in [-0.2, -0.15) is 0 Å². The van der Waals surface area contributed by atoms with Crippen LogP contribution < -0.4 is 14.7 Å². The summed E-state index contributed by atoms with van der Waals surface area (Å²) in [5.41, 5.74) is 38.3. The molecule has 0 aliphatic heterocycles. The van der Waals surface area contributed by atoms with Gasteiger partial charge in [0.15, 0.2) is 0 Å². The summed E-state index contributed by atoms with van der Waals surface area (Å²) in [7, 11) is 0. The summed E-state index contributed by atoms with van der Waals surface area (Å²) in [6.07, 6.45) is 27.7. The zero-order chi connectivity index (χ0) is 79.9. The van der Waals surface area contributed by atoms with Gasteiger partial charge < -0.3 is 14.7 Å². The molecule has 0 atom stereocenters. The van der Waals surface area contributed by atoms with Gasteiger partial charge in [-0.3, -0.25) is 0 Å². The van der Waals surface area contributed by atoms with Crippen molar-refractivity contribution in [3.63, 3.8) is 0 Å². The van der Waals surface area contributed by atoms with Crippen molar-refractivity contribution in [2.75, 3.05) is 14.7 Å². The number of hydrogen-bond acceptors (Lipinski definition) is 3. The second kappa shape index (κ2) is 37.2. The Morgan fingerprint density at radius 1 is 0.205 bits per heavy atom. The largest absolute Gasteiger partial charge is 0.311 e. The maximum Gasteiger partial charge on any atom is 0.0467 e. The lowest BCUT2D eigenvalue weighted by Crippen LogP contribution is -2.25. The molecule has 17 rings (SSSR count). The molecule has 117 heavy (non-hydrogen) atoms. The van der Waals surface area contributed by atoms with Crippen LogP contribution in [0.2, 0.25) is 0 Å². The van der Waals surface area contributed by atoms with Crippen molar-refractivity contribution < 1.29 is 0 Å². The third-order valence-electron chi connectivity index (χ3n) is 25.7. The molecule has 0 radical (unpaired) electrons. The molecular weight excluding hydrogens is 1410 g/mol. The summed E-state index contributed by atoms with van der Waals surface area (Å²) in [6, 6.07) is 125. The molecule has 0 bridgehead atoms. The Kier molecular flexibility index (Phi) is 25.2. The van der Waals surface area contributed by atoms with E-state index in [1.54, 1.807) is 11.1 Å². The molecule has 3 aliphatic carbocycles. The van der Waals surface area contributed by atoms with Crippen molar-refractivity contribution in [3.8, 4) is 66.8 Å². The number of unbranched alkanes of at least 4 members (excludes halogenated alkanes) is 12. The quantitative estimate of drug-likeness (QED) is 0.0380. The summed E-state index contributed by atoms with van der Waals surface area (Å²) >= 11 is 0. The molecule has 14 aromatic carbocycles.